The van der Waals surface area contributed by atoms with Gasteiger partial charge in [-0.15, -0.1) is 0 Å². The van der Waals surface area contributed by atoms with Crippen LogP contribution in [-0.4, -0.2) is 29.1 Å². The molecule has 0 aromatic carbocycles. The zero-order valence-electron chi connectivity index (χ0n) is 8.01. The van der Waals surface area contributed by atoms with E-state index >= 15 is 0 Å². The van der Waals surface area contributed by atoms with E-state index in [1.807, 2.05) is 0 Å². The Morgan fingerprint density at radius 2 is 2.21 bits per heavy atom. The normalized spacial score (nSPS) is 12.1. The van der Waals surface area contributed by atoms with Gasteiger partial charge in [-0.05, 0) is 18.4 Å². The van der Waals surface area contributed by atoms with Gasteiger partial charge in [0.25, 0.3) is 0 Å². The van der Waals surface area contributed by atoms with Crippen LogP contribution in [0.15, 0.2) is 18.7 Å². The van der Waals surface area contributed by atoms with Gasteiger partial charge in [-0.1, -0.05) is 0 Å². The second-order valence-corrected chi connectivity index (χ2v) is 2.92. The summed E-state index contributed by atoms with van der Waals surface area (Å²) in [6, 6.07) is -0.569. The molecule has 1 atom stereocenters. The molecule has 1 heterocycles. The van der Waals surface area contributed by atoms with Crippen LogP contribution in [0, 0.1) is 0 Å². The molecule has 0 bridgehead atoms. The number of hydrogen-bond donors (Lipinski definition) is 1. The third kappa shape index (κ3) is 3.10. The molecule has 0 aliphatic rings. The molecule has 1 rings (SSSR count). The molecule has 0 spiro atoms. The highest BCUT2D eigenvalue weighted by atomic mass is 16.5. The Kier molecular flexibility index (Phi) is 4.00. The molecule has 0 saturated carbocycles. The first-order valence-corrected chi connectivity index (χ1v) is 4.31. The smallest absolute Gasteiger partial charge is 0.322 e. The quantitative estimate of drug-likeness (QED) is 0.679. The molecular weight excluding hydrogens is 182 g/mol. The molecule has 2 N–H and O–H groups in total. The number of rotatable bonds is 4. The molecule has 5 nitrogen and oxygen atoms in total. The maximum Gasteiger partial charge on any atom is 0.322 e. The van der Waals surface area contributed by atoms with Gasteiger partial charge in [-0.3, -0.25) is 4.79 Å². The highest BCUT2D eigenvalue weighted by Gasteiger charge is 2.12. The molecule has 5 heteroatoms. The number of nitrogens with two attached hydrogens (primary N) is 1. The van der Waals surface area contributed by atoms with Crippen LogP contribution in [0.1, 0.15) is 12.0 Å². The Morgan fingerprint density at radius 1 is 1.57 bits per heavy atom. The zero-order valence-corrected chi connectivity index (χ0v) is 8.01. The molecule has 0 fully saturated rings. The van der Waals surface area contributed by atoms with Crippen molar-refractivity contribution in [1.82, 2.24) is 9.97 Å². The number of hydrogen-bond acceptors (Lipinski definition) is 5. The van der Waals surface area contributed by atoms with Crippen LogP contribution < -0.4 is 5.73 Å². The fourth-order valence-electron chi connectivity index (χ4n) is 1.05. The van der Waals surface area contributed by atoms with Gasteiger partial charge in [0.05, 0.1) is 7.11 Å². The summed E-state index contributed by atoms with van der Waals surface area (Å²) < 4.78 is 4.51. The van der Waals surface area contributed by atoms with Crippen molar-refractivity contribution >= 4 is 5.97 Å². The van der Waals surface area contributed by atoms with Crippen molar-refractivity contribution in [1.29, 1.82) is 0 Å². The van der Waals surface area contributed by atoms with E-state index < -0.39 is 6.04 Å². The first kappa shape index (κ1) is 10.6. The number of esters is 1. The minimum atomic E-state index is -0.569. The topological polar surface area (TPSA) is 78.1 Å². The van der Waals surface area contributed by atoms with Gasteiger partial charge in [0.15, 0.2) is 0 Å². The van der Waals surface area contributed by atoms with Gasteiger partial charge in [-0.2, -0.15) is 0 Å². The summed E-state index contributed by atoms with van der Waals surface area (Å²) in [6.45, 7) is 0. The Morgan fingerprint density at radius 3 is 2.79 bits per heavy atom. The lowest BCUT2D eigenvalue weighted by atomic mass is 10.1. The van der Waals surface area contributed by atoms with E-state index in [9.17, 15) is 4.79 Å². The minimum absolute atomic E-state index is 0.387. The zero-order chi connectivity index (χ0) is 10.4. The molecule has 0 saturated heterocycles. The van der Waals surface area contributed by atoms with Crippen LogP contribution in [-0.2, 0) is 16.0 Å². The van der Waals surface area contributed by atoms with Crippen molar-refractivity contribution in [2.45, 2.75) is 18.9 Å². The van der Waals surface area contributed by atoms with Crippen molar-refractivity contribution in [3.05, 3.63) is 24.3 Å². The first-order valence-electron chi connectivity index (χ1n) is 4.31. The van der Waals surface area contributed by atoms with Crippen LogP contribution in [0.4, 0.5) is 0 Å². The summed E-state index contributed by atoms with van der Waals surface area (Å²) in [5.74, 6) is -0.387. The highest BCUT2D eigenvalue weighted by Crippen LogP contribution is 2.01. The van der Waals surface area contributed by atoms with E-state index in [2.05, 4.69) is 14.7 Å². The molecule has 0 aliphatic carbocycles. The van der Waals surface area contributed by atoms with Crippen molar-refractivity contribution in [3.63, 3.8) is 0 Å². The summed E-state index contributed by atoms with van der Waals surface area (Å²) >= 11 is 0. The fourth-order valence-corrected chi connectivity index (χ4v) is 1.05. The lowest BCUT2D eigenvalue weighted by Crippen LogP contribution is -2.31. The van der Waals surface area contributed by atoms with Crippen LogP contribution in [0.2, 0.25) is 0 Å². The van der Waals surface area contributed by atoms with Crippen molar-refractivity contribution in [2.24, 2.45) is 5.73 Å². The van der Waals surface area contributed by atoms with Crippen molar-refractivity contribution in [3.8, 4) is 0 Å². The van der Waals surface area contributed by atoms with Crippen LogP contribution >= 0.6 is 0 Å². The van der Waals surface area contributed by atoms with Crippen LogP contribution in [0.25, 0.3) is 0 Å². The summed E-state index contributed by atoms with van der Waals surface area (Å²) in [5, 5.41) is 0. The Labute approximate surface area is 82.3 Å². The van der Waals surface area contributed by atoms with E-state index in [4.69, 9.17) is 5.73 Å². The van der Waals surface area contributed by atoms with Gasteiger partial charge in [0.1, 0.15) is 12.4 Å². The van der Waals surface area contributed by atoms with Gasteiger partial charge < -0.3 is 10.5 Å². The van der Waals surface area contributed by atoms with Gasteiger partial charge >= 0.3 is 5.97 Å². The highest BCUT2D eigenvalue weighted by molar-refractivity contribution is 5.75. The standard InChI is InChI=1S/C9H13N3O2/c1-14-9(13)8(10)3-2-7-4-11-6-12-5-7/h4-6,8H,2-3,10H2,1H3. The van der Waals surface area contributed by atoms with E-state index in [1.165, 1.54) is 13.4 Å². The SMILES string of the molecule is COC(=O)C(N)CCc1cncnc1. The largest absolute Gasteiger partial charge is 0.468 e. The molecule has 0 radical (unpaired) electrons. The van der Waals surface area contributed by atoms with Gasteiger partial charge in [0.2, 0.25) is 0 Å². The molecule has 1 aromatic rings. The number of nitrogens with zero attached hydrogens (tertiary/aromatic N) is 2. The van der Waals surface area contributed by atoms with E-state index in [0.29, 0.717) is 12.8 Å². The molecule has 0 amide bonds. The third-order valence-electron chi connectivity index (χ3n) is 1.86. The molecule has 0 aliphatic heterocycles. The number of ether oxygens (including phenoxy) is 1. The number of carbonyl (C=O) groups is 1. The second-order valence-electron chi connectivity index (χ2n) is 2.92. The summed E-state index contributed by atoms with van der Waals surface area (Å²) in [4.78, 5) is 18.7. The summed E-state index contributed by atoms with van der Waals surface area (Å²) in [5.41, 5.74) is 6.52. The Bertz CT molecular complexity index is 289. The predicted octanol–water partition coefficient (Wildman–Crippen LogP) is -0.0905. The fraction of sp³-hybridized carbons (Fsp3) is 0.444. The minimum Gasteiger partial charge on any atom is -0.468 e. The molecular formula is C9H13N3O2. The number of carbonyl (C=O) groups excluding carboxylic acids is 1. The Balaban J connectivity index is 2.38. The maximum atomic E-state index is 11.0. The van der Waals surface area contributed by atoms with Crippen LogP contribution in [0.3, 0.4) is 0 Å². The predicted molar refractivity (Wildman–Crippen MR) is 50.3 cm³/mol. The van der Waals surface area contributed by atoms with E-state index in [0.717, 1.165) is 5.56 Å². The summed E-state index contributed by atoms with van der Waals surface area (Å²) in [7, 11) is 1.33. The van der Waals surface area contributed by atoms with Crippen molar-refractivity contribution < 1.29 is 9.53 Å². The third-order valence-corrected chi connectivity index (χ3v) is 1.86. The number of methoxy groups -OCH3 is 1. The maximum absolute atomic E-state index is 11.0. The lowest BCUT2D eigenvalue weighted by molar-refractivity contribution is -0.142. The molecule has 14 heavy (non-hydrogen) atoms. The number of aromatic nitrogens is 2. The average molecular weight is 195 g/mol. The van der Waals surface area contributed by atoms with Crippen molar-refractivity contribution in [2.75, 3.05) is 7.11 Å². The first-order chi connectivity index (χ1) is 6.74. The van der Waals surface area contributed by atoms with E-state index in [1.54, 1.807) is 12.4 Å². The number of aryl methyl sites for hydroxylation is 1. The van der Waals surface area contributed by atoms with E-state index in [-0.39, 0.29) is 5.97 Å². The average Bonchev–Trinajstić information content (AvgIpc) is 2.26. The lowest BCUT2D eigenvalue weighted by Gasteiger charge is -2.07. The van der Waals surface area contributed by atoms with Gasteiger partial charge in [0, 0.05) is 12.4 Å². The Hall–Kier alpha value is -1.49. The molecule has 76 valence electrons. The van der Waals surface area contributed by atoms with Crippen LogP contribution in [0.5, 0.6) is 0 Å². The molecule has 1 unspecified atom stereocenters. The summed E-state index contributed by atoms with van der Waals surface area (Å²) in [6.07, 6.45) is 6.09. The van der Waals surface area contributed by atoms with Gasteiger partial charge in [-0.25, -0.2) is 9.97 Å². The second kappa shape index (κ2) is 5.29. The molecule has 1 aromatic heterocycles. The monoisotopic (exact) mass is 195 g/mol.